The van der Waals surface area contributed by atoms with Gasteiger partial charge in [-0.15, -0.1) is 11.3 Å². The molecule has 2 aromatic rings. The SMILES string of the molecule is COc1cc(C)cc(C)c1-c1csc(Cl)n1. The molecule has 0 spiro atoms. The molecule has 2 rings (SSSR count). The van der Waals surface area contributed by atoms with E-state index < -0.39 is 0 Å². The Morgan fingerprint density at radius 2 is 2.06 bits per heavy atom. The Bertz CT molecular complexity index is 522. The zero-order valence-electron chi connectivity index (χ0n) is 9.37. The molecular weight excluding hydrogens is 242 g/mol. The van der Waals surface area contributed by atoms with Crippen molar-refractivity contribution < 1.29 is 4.74 Å². The van der Waals surface area contributed by atoms with E-state index in [9.17, 15) is 0 Å². The number of aromatic nitrogens is 1. The molecule has 4 heteroatoms. The molecule has 2 nitrogen and oxygen atoms in total. The summed E-state index contributed by atoms with van der Waals surface area (Å²) in [6.07, 6.45) is 0. The van der Waals surface area contributed by atoms with Gasteiger partial charge in [0.2, 0.25) is 0 Å². The van der Waals surface area contributed by atoms with Crippen LogP contribution >= 0.6 is 22.9 Å². The fraction of sp³-hybridized carbons (Fsp3) is 0.250. The number of halogens is 1. The van der Waals surface area contributed by atoms with E-state index in [2.05, 4.69) is 18.0 Å². The molecule has 0 unspecified atom stereocenters. The van der Waals surface area contributed by atoms with E-state index in [1.807, 2.05) is 18.4 Å². The van der Waals surface area contributed by atoms with Crippen LogP contribution in [0.25, 0.3) is 11.3 Å². The molecule has 1 heterocycles. The lowest BCUT2D eigenvalue weighted by atomic mass is 10.0. The van der Waals surface area contributed by atoms with E-state index in [0.29, 0.717) is 4.47 Å². The third-order valence-electron chi connectivity index (χ3n) is 2.40. The maximum absolute atomic E-state index is 5.86. The summed E-state index contributed by atoms with van der Waals surface area (Å²) < 4.78 is 5.95. The molecule has 84 valence electrons. The summed E-state index contributed by atoms with van der Waals surface area (Å²) in [6.45, 7) is 4.10. The molecule has 0 bridgehead atoms. The lowest BCUT2D eigenvalue weighted by Gasteiger charge is -2.10. The number of thiazole rings is 1. The molecule has 1 aromatic heterocycles. The van der Waals surface area contributed by atoms with E-state index in [4.69, 9.17) is 16.3 Å². The molecular formula is C12H12ClNOS. The van der Waals surface area contributed by atoms with Crippen molar-refractivity contribution in [2.24, 2.45) is 0 Å². The van der Waals surface area contributed by atoms with Crippen molar-refractivity contribution in [3.63, 3.8) is 0 Å². The summed E-state index contributed by atoms with van der Waals surface area (Å²) in [5.41, 5.74) is 4.24. The Balaban J connectivity index is 2.63. The van der Waals surface area contributed by atoms with E-state index in [-0.39, 0.29) is 0 Å². The molecule has 0 aliphatic heterocycles. The Morgan fingerprint density at radius 1 is 1.31 bits per heavy atom. The number of nitrogens with zero attached hydrogens (tertiary/aromatic N) is 1. The molecule has 1 aromatic carbocycles. The van der Waals surface area contributed by atoms with Gasteiger partial charge in [-0.05, 0) is 31.0 Å². The maximum Gasteiger partial charge on any atom is 0.184 e. The molecule has 16 heavy (non-hydrogen) atoms. The number of ether oxygens (including phenoxy) is 1. The first-order valence-corrected chi connectivity index (χ1v) is 6.14. The van der Waals surface area contributed by atoms with Crippen molar-refractivity contribution in [2.75, 3.05) is 7.11 Å². The third kappa shape index (κ3) is 2.06. The van der Waals surface area contributed by atoms with Crippen LogP contribution in [0.3, 0.4) is 0 Å². The smallest absolute Gasteiger partial charge is 0.184 e. The van der Waals surface area contributed by atoms with E-state index >= 15 is 0 Å². The standard InChI is InChI=1S/C12H12ClNOS/c1-7-4-8(2)11(10(5-7)15-3)9-6-16-12(13)14-9/h4-6H,1-3H3. The molecule has 0 N–H and O–H groups in total. The van der Waals surface area contributed by atoms with E-state index in [1.54, 1.807) is 7.11 Å². The Kier molecular flexibility index (Phi) is 3.17. The number of rotatable bonds is 2. The normalized spacial score (nSPS) is 10.5. The summed E-state index contributed by atoms with van der Waals surface area (Å²) >= 11 is 7.29. The summed E-state index contributed by atoms with van der Waals surface area (Å²) in [6, 6.07) is 4.13. The van der Waals surface area contributed by atoms with Gasteiger partial charge in [0.25, 0.3) is 0 Å². The van der Waals surface area contributed by atoms with Gasteiger partial charge < -0.3 is 4.74 Å². The van der Waals surface area contributed by atoms with Crippen molar-refractivity contribution in [2.45, 2.75) is 13.8 Å². The maximum atomic E-state index is 5.86. The fourth-order valence-corrected chi connectivity index (χ4v) is 2.54. The quantitative estimate of drug-likeness (QED) is 0.804. The third-order valence-corrected chi connectivity index (χ3v) is 3.37. The van der Waals surface area contributed by atoms with Crippen molar-refractivity contribution in [3.8, 4) is 17.0 Å². The van der Waals surface area contributed by atoms with Gasteiger partial charge in [-0.2, -0.15) is 0 Å². The number of hydrogen-bond donors (Lipinski definition) is 0. The molecule has 0 saturated heterocycles. The zero-order valence-corrected chi connectivity index (χ0v) is 10.9. The number of aryl methyl sites for hydroxylation is 2. The molecule has 0 atom stereocenters. The van der Waals surface area contributed by atoms with Crippen molar-refractivity contribution in [1.29, 1.82) is 0 Å². The predicted molar refractivity (Wildman–Crippen MR) is 68.6 cm³/mol. The van der Waals surface area contributed by atoms with Crippen LogP contribution in [0.4, 0.5) is 0 Å². The number of benzene rings is 1. The second kappa shape index (κ2) is 4.44. The lowest BCUT2D eigenvalue weighted by molar-refractivity contribution is 0.415. The summed E-state index contributed by atoms with van der Waals surface area (Å²) in [7, 11) is 1.67. The van der Waals surface area contributed by atoms with Crippen LogP contribution < -0.4 is 4.74 Å². The summed E-state index contributed by atoms with van der Waals surface area (Å²) in [4.78, 5) is 4.28. The van der Waals surface area contributed by atoms with Gasteiger partial charge in [0.15, 0.2) is 4.47 Å². The topological polar surface area (TPSA) is 22.1 Å². The highest BCUT2D eigenvalue weighted by Gasteiger charge is 2.12. The monoisotopic (exact) mass is 253 g/mol. The molecule has 0 saturated carbocycles. The molecule has 0 aliphatic carbocycles. The van der Waals surface area contributed by atoms with Gasteiger partial charge in [0.1, 0.15) is 5.75 Å². The van der Waals surface area contributed by atoms with E-state index in [1.165, 1.54) is 16.9 Å². The largest absolute Gasteiger partial charge is 0.496 e. The van der Waals surface area contributed by atoms with E-state index in [0.717, 1.165) is 22.6 Å². The minimum Gasteiger partial charge on any atom is -0.496 e. The Hall–Kier alpha value is -1.06. The molecule has 0 radical (unpaired) electrons. The van der Waals surface area contributed by atoms with Gasteiger partial charge in [-0.25, -0.2) is 4.98 Å². The van der Waals surface area contributed by atoms with Crippen molar-refractivity contribution in [3.05, 3.63) is 33.1 Å². The van der Waals surface area contributed by atoms with Crippen LogP contribution in [0.15, 0.2) is 17.5 Å². The highest BCUT2D eigenvalue weighted by atomic mass is 35.5. The summed E-state index contributed by atoms with van der Waals surface area (Å²) in [5.74, 6) is 0.847. The Morgan fingerprint density at radius 3 is 2.62 bits per heavy atom. The highest BCUT2D eigenvalue weighted by Crippen LogP contribution is 2.35. The van der Waals surface area contributed by atoms with Gasteiger partial charge >= 0.3 is 0 Å². The van der Waals surface area contributed by atoms with Crippen LogP contribution in [-0.4, -0.2) is 12.1 Å². The number of methoxy groups -OCH3 is 1. The van der Waals surface area contributed by atoms with Crippen LogP contribution in [0.5, 0.6) is 5.75 Å². The minimum atomic E-state index is 0.553. The Labute approximate surface area is 104 Å². The first-order valence-electron chi connectivity index (χ1n) is 4.88. The first-order chi connectivity index (χ1) is 7.61. The van der Waals surface area contributed by atoms with Crippen molar-refractivity contribution in [1.82, 2.24) is 4.98 Å². The lowest BCUT2D eigenvalue weighted by Crippen LogP contribution is -1.92. The summed E-state index contributed by atoms with van der Waals surface area (Å²) in [5, 5.41) is 1.95. The van der Waals surface area contributed by atoms with Crippen molar-refractivity contribution >= 4 is 22.9 Å². The first kappa shape index (κ1) is 11.4. The van der Waals surface area contributed by atoms with Gasteiger partial charge in [0, 0.05) is 10.9 Å². The molecule has 0 amide bonds. The second-order valence-corrected chi connectivity index (χ2v) is 5.09. The molecule has 0 fully saturated rings. The second-order valence-electron chi connectivity index (χ2n) is 3.64. The average molecular weight is 254 g/mol. The fourth-order valence-electron chi connectivity index (χ4n) is 1.78. The predicted octanol–water partition coefficient (Wildman–Crippen LogP) is 4.09. The highest BCUT2D eigenvalue weighted by molar-refractivity contribution is 7.14. The van der Waals surface area contributed by atoms with Gasteiger partial charge in [-0.3, -0.25) is 0 Å². The average Bonchev–Trinajstić information content (AvgIpc) is 2.63. The van der Waals surface area contributed by atoms with Crippen LogP contribution in [0.1, 0.15) is 11.1 Å². The molecule has 0 aliphatic rings. The zero-order chi connectivity index (χ0) is 11.7. The minimum absolute atomic E-state index is 0.553. The van der Waals surface area contributed by atoms with Gasteiger partial charge in [-0.1, -0.05) is 17.7 Å². The van der Waals surface area contributed by atoms with Crippen LogP contribution in [-0.2, 0) is 0 Å². The number of hydrogen-bond acceptors (Lipinski definition) is 3. The van der Waals surface area contributed by atoms with Gasteiger partial charge in [0.05, 0.1) is 12.8 Å². The van der Waals surface area contributed by atoms with Crippen LogP contribution in [0, 0.1) is 13.8 Å². The van der Waals surface area contributed by atoms with Crippen LogP contribution in [0.2, 0.25) is 4.47 Å².